The summed E-state index contributed by atoms with van der Waals surface area (Å²) >= 11 is 0. The minimum Gasteiger partial charge on any atom is -0.384 e. The number of fused-ring (bicyclic) bond motifs is 1. The topological polar surface area (TPSA) is 34.2 Å². The molecular formula is C15H17F3N2O. The molecule has 1 aromatic heterocycles. The standard InChI is InChI=1S/C15H17F3N2O/c1-3-7-19-12-8-13(15(16,17)18)20-14-10(9-21-2)5-4-6-11(12)14/h4-6,8H,3,7,9H2,1-2H3,(H,19,20). The van der Waals surface area contributed by atoms with Gasteiger partial charge in [-0.3, -0.25) is 0 Å². The van der Waals surface area contributed by atoms with Crippen LogP contribution in [0.5, 0.6) is 0 Å². The number of halogens is 3. The number of hydrogen-bond donors (Lipinski definition) is 1. The van der Waals surface area contributed by atoms with Crippen molar-refractivity contribution in [1.82, 2.24) is 4.98 Å². The van der Waals surface area contributed by atoms with Crippen LogP contribution in [-0.2, 0) is 17.5 Å². The molecule has 1 N–H and O–H groups in total. The Morgan fingerprint density at radius 2 is 2.05 bits per heavy atom. The highest BCUT2D eigenvalue weighted by molar-refractivity contribution is 5.93. The molecule has 6 heteroatoms. The Morgan fingerprint density at radius 3 is 2.67 bits per heavy atom. The molecule has 2 aromatic rings. The van der Waals surface area contributed by atoms with Gasteiger partial charge in [0.1, 0.15) is 5.69 Å². The molecule has 114 valence electrons. The first-order valence-electron chi connectivity index (χ1n) is 6.70. The van der Waals surface area contributed by atoms with Crippen molar-refractivity contribution in [3.8, 4) is 0 Å². The van der Waals surface area contributed by atoms with Gasteiger partial charge in [0, 0.05) is 30.3 Å². The number of nitrogens with zero attached hydrogens (tertiary/aromatic N) is 1. The number of anilines is 1. The molecule has 0 aliphatic heterocycles. The maximum atomic E-state index is 13.0. The summed E-state index contributed by atoms with van der Waals surface area (Å²) in [5.74, 6) is 0. The highest BCUT2D eigenvalue weighted by Crippen LogP contribution is 2.34. The van der Waals surface area contributed by atoms with Gasteiger partial charge >= 0.3 is 6.18 Å². The van der Waals surface area contributed by atoms with Crippen LogP contribution in [-0.4, -0.2) is 18.6 Å². The normalized spacial score (nSPS) is 11.9. The zero-order valence-corrected chi connectivity index (χ0v) is 11.9. The lowest BCUT2D eigenvalue weighted by atomic mass is 10.1. The third kappa shape index (κ3) is 3.44. The molecule has 0 saturated carbocycles. The average molecular weight is 298 g/mol. The van der Waals surface area contributed by atoms with Crippen LogP contribution in [0.1, 0.15) is 24.6 Å². The Kier molecular flexibility index (Phi) is 4.67. The van der Waals surface area contributed by atoms with Crippen LogP contribution in [0.25, 0.3) is 10.9 Å². The van der Waals surface area contributed by atoms with Crippen molar-refractivity contribution in [3.63, 3.8) is 0 Å². The van der Waals surface area contributed by atoms with Gasteiger partial charge in [-0.05, 0) is 12.5 Å². The Hall–Kier alpha value is -1.82. The van der Waals surface area contributed by atoms with Crippen LogP contribution in [0.4, 0.5) is 18.9 Å². The van der Waals surface area contributed by atoms with E-state index in [0.717, 1.165) is 12.5 Å². The summed E-state index contributed by atoms with van der Waals surface area (Å²) in [4.78, 5) is 3.79. The molecule has 0 bridgehead atoms. The highest BCUT2D eigenvalue weighted by Gasteiger charge is 2.33. The minimum absolute atomic E-state index is 0.221. The van der Waals surface area contributed by atoms with E-state index in [4.69, 9.17) is 4.74 Å². The Labute approximate surface area is 121 Å². The van der Waals surface area contributed by atoms with E-state index in [0.29, 0.717) is 28.7 Å². The summed E-state index contributed by atoms with van der Waals surface area (Å²) in [6.07, 6.45) is -3.65. The van der Waals surface area contributed by atoms with Crippen molar-refractivity contribution in [2.24, 2.45) is 0 Å². The van der Waals surface area contributed by atoms with Gasteiger partial charge in [0.2, 0.25) is 0 Å². The van der Waals surface area contributed by atoms with Crippen LogP contribution in [0, 0.1) is 0 Å². The van der Waals surface area contributed by atoms with Gasteiger partial charge in [-0.2, -0.15) is 13.2 Å². The summed E-state index contributed by atoms with van der Waals surface area (Å²) in [5, 5.41) is 3.71. The average Bonchev–Trinajstić information content (AvgIpc) is 2.44. The van der Waals surface area contributed by atoms with E-state index in [-0.39, 0.29) is 6.61 Å². The molecule has 2 rings (SSSR count). The van der Waals surface area contributed by atoms with Gasteiger partial charge in [-0.25, -0.2) is 4.98 Å². The summed E-state index contributed by atoms with van der Waals surface area (Å²) < 4.78 is 44.1. The predicted octanol–water partition coefficient (Wildman–Crippen LogP) is 4.22. The molecule has 0 saturated heterocycles. The van der Waals surface area contributed by atoms with E-state index in [9.17, 15) is 13.2 Å². The molecule has 21 heavy (non-hydrogen) atoms. The monoisotopic (exact) mass is 298 g/mol. The number of aromatic nitrogens is 1. The second kappa shape index (κ2) is 6.30. The molecule has 0 aliphatic carbocycles. The smallest absolute Gasteiger partial charge is 0.384 e. The van der Waals surface area contributed by atoms with Gasteiger partial charge in [0.15, 0.2) is 0 Å². The van der Waals surface area contributed by atoms with Gasteiger partial charge < -0.3 is 10.1 Å². The van der Waals surface area contributed by atoms with Crippen LogP contribution in [0.15, 0.2) is 24.3 Å². The van der Waals surface area contributed by atoms with Crippen LogP contribution >= 0.6 is 0 Å². The maximum absolute atomic E-state index is 13.0. The van der Waals surface area contributed by atoms with Crippen LogP contribution < -0.4 is 5.32 Å². The molecule has 3 nitrogen and oxygen atoms in total. The van der Waals surface area contributed by atoms with Crippen molar-refractivity contribution >= 4 is 16.6 Å². The summed E-state index contributed by atoms with van der Waals surface area (Å²) in [6.45, 7) is 2.78. The Bertz CT molecular complexity index is 626. The number of para-hydroxylation sites is 1. The first-order chi connectivity index (χ1) is 9.97. The first-order valence-corrected chi connectivity index (χ1v) is 6.70. The quantitative estimate of drug-likeness (QED) is 0.897. The van der Waals surface area contributed by atoms with Crippen molar-refractivity contribution in [2.45, 2.75) is 26.1 Å². The highest BCUT2D eigenvalue weighted by atomic mass is 19.4. The van der Waals surface area contributed by atoms with Crippen molar-refractivity contribution in [3.05, 3.63) is 35.5 Å². The zero-order valence-electron chi connectivity index (χ0n) is 11.9. The number of benzene rings is 1. The van der Waals surface area contributed by atoms with E-state index in [1.807, 2.05) is 6.92 Å². The van der Waals surface area contributed by atoms with Gasteiger partial charge in [-0.1, -0.05) is 25.1 Å². The fourth-order valence-corrected chi connectivity index (χ4v) is 2.13. The van der Waals surface area contributed by atoms with Crippen molar-refractivity contribution < 1.29 is 17.9 Å². The van der Waals surface area contributed by atoms with Crippen molar-refractivity contribution in [2.75, 3.05) is 19.0 Å². The molecule has 1 heterocycles. The molecule has 0 amide bonds. The largest absolute Gasteiger partial charge is 0.433 e. The number of hydrogen-bond acceptors (Lipinski definition) is 3. The fraction of sp³-hybridized carbons (Fsp3) is 0.400. The minimum atomic E-state index is -4.48. The SMILES string of the molecule is CCCNc1cc(C(F)(F)F)nc2c(COC)cccc12. The first kappa shape index (κ1) is 15.6. The molecular weight excluding hydrogens is 281 g/mol. The zero-order chi connectivity index (χ0) is 15.5. The third-order valence-electron chi connectivity index (χ3n) is 3.08. The summed E-state index contributed by atoms with van der Waals surface area (Å²) in [7, 11) is 1.50. The van der Waals surface area contributed by atoms with E-state index in [1.165, 1.54) is 7.11 Å². The number of rotatable bonds is 5. The number of pyridine rings is 1. The molecule has 1 aromatic carbocycles. The molecule has 0 atom stereocenters. The van der Waals surface area contributed by atoms with E-state index in [1.54, 1.807) is 18.2 Å². The number of methoxy groups -OCH3 is 1. The molecule has 0 fully saturated rings. The molecule has 0 unspecified atom stereocenters. The lowest BCUT2D eigenvalue weighted by molar-refractivity contribution is -0.140. The van der Waals surface area contributed by atoms with E-state index in [2.05, 4.69) is 10.3 Å². The molecule has 0 spiro atoms. The Balaban J connectivity index is 2.65. The molecule has 0 radical (unpaired) electrons. The summed E-state index contributed by atoms with van der Waals surface area (Å²) in [6, 6.07) is 6.35. The van der Waals surface area contributed by atoms with E-state index < -0.39 is 11.9 Å². The second-order valence-electron chi connectivity index (χ2n) is 4.73. The van der Waals surface area contributed by atoms with Crippen LogP contribution in [0.3, 0.4) is 0 Å². The lowest BCUT2D eigenvalue weighted by Gasteiger charge is -2.15. The van der Waals surface area contributed by atoms with Gasteiger partial charge in [0.05, 0.1) is 12.1 Å². The second-order valence-corrected chi connectivity index (χ2v) is 4.73. The number of nitrogens with one attached hydrogen (secondary N) is 1. The maximum Gasteiger partial charge on any atom is 0.433 e. The van der Waals surface area contributed by atoms with Crippen LogP contribution in [0.2, 0.25) is 0 Å². The molecule has 0 aliphatic rings. The van der Waals surface area contributed by atoms with E-state index >= 15 is 0 Å². The number of alkyl halides is 3. The lowest BCUT2D eigenvalue weighted by Crippen LogP contribution is -2.11. The summed E-state index contributed by atoms with van der Waals surface area (Å²) in [5.41, 5.74) is 0.526. The fourth-order valence-electron chi connectivity index (χ4n) is 2.13. The van der Waals surface area contributed by atoms with Gasteiger partial charge in [0.25, 0.3) is 0 Å². The van der Waals surface area contributed by atoms with Gasteiger partial charge in [-0.15, -0.1) is 0 Å². The third-order valence-corrected chi connectivity index (χ3v) is 3.08. The predicted molar refractivity (Wildman–Crippen MR) is 76.2 cm³/mol. The number of ether oxygens (including phenoxy) is 1. The Morgan fingerprint density at radius 1 is 1.29 bits per heavy atom. The van der Waals surface area contributed by atoms with Crippen molar-refractivity contribution in [1.29, 1.82) is 0 Å².